The van der Waals surface area contributed by atoms with Crippen LogP contribution in [0.15, 0.2) is 48.9 Å². The quantitative estimate of drug-likeness (QED) is 0.728. The van der Waals surface area contributed by atoms with Gasteiger partial charge in [0.1, 0.15) is 11.6 Å². The molecule has 3 aromatic heterocycles. The zero-order valence-corrected chi connectivity index (χ0v) is 15.9. The van der Waals surface area contributed by atoms with Gasteiger partial charge < -0.3 is 15.1 Å². The lowest BCUT2D eigenvalue weighted by Gasteiger charge is -2.35. The zero-order chi connectivity index (χ0) is 20.2. The Morgan fingerprint density at radius 1 is 1.00 bits per heavy atom. The first kappa shape index (κ1) is 18.7. The number of aryl methyl sites for hydroxylation is 1. The summed E-state index contributed by atoms with van der Waals surface area (Å²) in [6.45, 7) is 4.26. The minimum Gasteiger partial charge on any atom is -0.352 e. The number of hydrogen-bond acceptors (Lipinski definition) is 7. The summed E-state index contributed by atoms with van der Waals surface area (Å²) in [5.74, 6) is 1.33. The standard InChI is InChI=1S/C20H20FN7O/c1-14-2-3-17(23-11-14)24-18-4-5-19(26-25-18)27-6-8-28(9-7-27)20(29)15-10-16(21)13-22-12-15/h2-5,10-13H,6-9H2,1H3,(H,23,24,25). The third-order valence-corrected chi connectivity index (χ3v) is 4.66. The predicted octanol–water partition coefficient (Wildman–Crippen LogP) is 2.42. The van der Waals surface area contributed by atoms with Gasteiger partial charge in [0.15, 0.2) is 11.6 Å². The maximum absolute atomic E-state index is 13.3. The number of carbonyl (C=O) groups is 1. The lowest BCUT2D eigenvalue weighted by molar-refractivity contribution is 0.0745. The first-order valence-corrected chi connectivity index (χ1v) is 9.27. The van der Waals surface area contributed by atoms with Gasteiger partial charge in [-0.25, -0.2) is 9.37 Å². The molecule has 1 fully saturated rings. The van der Waals surface area contributed by atoms with Gasteiger partial charge in [0.25, 0.3) is 5.91 Å². The third-order valence-electron chi connectivity index (χ3n) is 4.66. The summed E-state index contributed by atoms with van der Waals surface area (Å²) in [5.41, 5.74) is 1.35. The highest BCUT2D eigenvalue weighted by atomic mass is 19.1. The molecule has 8 nitrogen and oxygen atoms in total. The van der Waals surface area contributed by atoms with Crippen LogP contribution in [0.2, 0.25) is 0 Å². The maximum Gasteiger partial charge on any atom is 0.255 e. The van der Waals surface area contributed by atoms with Crippen LogP contribution in [-0.2, 0) is 0 Å². The lowest BCUT2D eigenvalue weighted by Crippen LogP contribution is -2.49. The second kappa shape index (κ2) is 8.17. The number of rotatable bonds is 4. The number of piperazine rings is 1. The number of pyridine rings is 2. The Bertz CT molecular complexity index is 986. The van der Waals surface area contributed by atoms with E-state index < -0.39 is 5.82 Å². The summed E-state index contributed by atoms with van der Waals surface area (Å²) < 4.78 is 13.3. The number of halogens is 1. The van der Waals surface area contributed by atoms with Gasteiger partial charge in [0.2, 0.25) is 0 Å². The first-order chi connectivity index (χ1) is 14.1. The highest BCUT2D eigenvalue weighted by Crippen LogP contribution is 2.17. The topological polar surface area (TPSA) is 87.1 Å². The molecule has 1 saturated heterocycles. The second-order valence-electron chi connectivity index (χ2n) is 6.79. The van der Waals surface area contributed by atoms with Crippen molar-refractivity contribution < 1.29 is 9.18 Å². The molecule has 0 bridgehead atoms. The molecule has 4 rings (SSSR count). The zero-order valence-electron chi connectivity index (χ0n) is 15.9. The van der Waals surface area contributed by atoms with Crippen LogP contribution in [0.25, 0.3) is 0 Å². The van der Waals surface area contributed by atoms with Crippen LogP contribution in [0.1, 0.15) is 15.9 Å². The summed E-state index contributed by atoms with van der Waals surface area (Å²) in [4.78, 5) is 24.3. The summed E-state index contributed by atoms with van der Waals surface area (Å²) in [7, 11) is 0. The molecule has 0 aliphatic carbocycles. The number of hydrogen-bond donors (Lipinski definition) is 1. The fraction of sp³-hybridized carbons (Fsp3) is 0.250. The summed E-state index contributed by atoms with van der Waals surface area (Å²) in [5, 5.41) is 11.6. The van der Waals surface area contributed by atoms with E-state index in [2.05, 4.69) is 30.4 Å². The molecule has 9 heteroatoms. The number of anilines is 3. The molecule has 0 spiro atoms. The summed E-state index contributed by atoms with van der Waals surface area (Å²) in [6.07, 6.45) is 4.25. The Morgan fingerprint density at radius 3 is 2.45 bits per heavy atom. The molecule has 1 amide bonds. The Hall–Kier alpha value is -3.62. The predicted molar refractivity (Wildman–Crippen MR) is 107 cm³/mol. The molecule has 0 unspecified atom stereocenters. The van der Waals surface area contributed by atoms with Crippen LogP contribution in [0.3, 0.4) is 0 Å². The SMILES string of the molecule is Cc1ccc(Nc2ccc(N3CCN(C(=O)c4cncc(F)c4)CC3)nn2)nc1. The smallest absolute Gasteiger partial charge is 0.255 e. The van der Waals surface area contributed by atoms with Crippen LogP contribution in [0, 0.1) is 12.7 Å². The van der Waals surface area contributed by atoms with Crippen LogP contribution in [0.5, 0.6) is 0 Å². The van der Waals surface area contributed by atoms with Gasteiger partial charge in [-0.05, 0) is 36.8 Å². The van der Waals surface area contributed by atoms with E-state index in [9.17, 15) is 9.18 Å². The van der Waals surface area contributed by atoms with Crippen molar-refractivity contribution in [3.05, 3.63) is 65.9 Å². The highest BCUT2D eigenvalue weighted by molar-refractivity contribution is 5.94. The Morgan fingerprint density at radius 2 is 1.79 bits per heavy atom. The van der Waals surface area contributed by atoms with Crippen LogP contribution < -0.4 is 10.2 Å². The highest BCUT2D eigenvalue weighted by Gasteiger charge is 2.23. The van der Waals surface area contributed by atoms with Crippen LogP contribution in [0.4, 0.5) is 21.8 Å². The molecule has 3 aromatic rings. The second-order valence-corrected chi connectivity index (χ2v) is 6.79. The van der Waals surface area contributed by atoms with Gasteiger partial charge in [-0.15, -0.1) is 10.2 Å². The molecule has 0 aromatic carbocycles. The molecule has 4 heterocycles. The van der Waals surface area contributed by atoms with E-state index in [-0.39, 0.29) is 11.5 Å². The molecule has 0 atom stereocenters. The molecular weight excluding hydrogens is 373 g/mol. The first-order valence-electron chi connectivity index (χ1n) is 9.27. The molecule has 0 radical (unpaired) electrons. The lowest BCUT2D eigenvalue weighted by atomic mass is 10.2. The number of nitrogens with zero attached hydrogens (tertiary/aromatic N) is 6. The van der Waals surface area contributed by atoms with Gasteiger partial charge in [-0.2, -0.15) is 0 Å². The van der Waals surface area contributed by atoms with Crippen molar-refractivity contribution in [3.63, 3.8) is 0 Å². The largest absolute Gasteiger partial charge is 0.352 e. The molecule has 29 heavy (non-hydrogen) atoms. The number of amides is 1. The molecule has 1 aliphatic heterocycles. The minimum atomic E-state index is -0.515. The third kappa shape index (κ3) is 4.45. The van der Waals surface area contributed by atoms with E-state index in [0.717, 1.165) is 17.6 Å². The minimum absolute atomic E-state index is 0.215. The number of nitrogens with one attached hydrogen (secondary N) is 1. The van der Waals surface area contributed by atoms with Gasteiger partial charge >= 0.3 is 0 Å². The van der Waals surface area contributed by atoms with E-state index >= 15 is 0 Å². The molecule has 1 aliphatic rings. The Labute approximate surface area is 167 Å². The van der Waals surface area contributed by atoms with Crippen molar-refractivity contribution >= 4 is 23.4 Å². The van der Waals surface area contributed by atoms with E-state index in [1.807, 2.05) is 31.2 Å². The Kier molecular flexibility index (Phi) is 5.28. The summed E-state index contributed by atoms with van der Waals surface area (Å²) in [6, 6.07) is 8.80. The van der Waals surface area contributed by atoms with Gasteiger partial charge in [-0.1, -0.05) is 6.07 Å². The molecule has 1 N–H and O–H groups in total. The maximum atomic E-state index is 13.3. The van der Waals surface area contributed by atoms with Crippen molar-refractivity contribution in [2.75, 3.05) is 36.4 Å². The van der Waals surface area contributed by atoms with Crippen molar-refractivity contribution in [3.8, 4) is 0 Å². The molecule has 0 saturated carbocycles. The van der Waals surface area contributed by atoms with Gasteiger partial charge in [-0.3, -0.25) is 9.78 Å². The average molecular weight is 393 g/mol. The average Bonchev–Trinajstić information content (AvgIpc) is 2.75. The monoisotopic (exact) mass is 393 g/mol. The van der Waals surface area contributed by atoms with Crippen molar-refractivity contribution in [2.45, 2.75) is 6.92 Å². The normalized spacial score (nSPS) is 14.0. The fourth-order valence-electron chi connectivity index (χ4n) is 3.08. The molecular formula is C20H20FN7O. The van der Waals surface area contributed by atoms with E-state index in [1.54, 1.807) is 11.1 Å². The van der Waals surface area contributed by atoms with Crippen molar-refractivity contribution in [1.82, 2.24) is 25.1 Å². The van der Waals surface area contributed by atoms with E-state index in [1.165, 1.54) is 12.3 Å². The van der Waals surface area contributed by atoms with Crippen LogP contribution in [-0.4, -0.2) is 57.2 Å². The van der Waals surface area contributed by atoms with Gasteiger partial charge in [0, 0.05) is 38.6 Å². The summed E-state index contributed by atoms with van der Waals surface area (Å²) >= 11 is 0. The van der Waals surface area contributed by atoms with E-state index in [0.29, 0.717) is 37.8 Å². The number of aromatic nitrogens is 4. The fourth-order valence-corrected chi connectivity index (χ4v) is 3.08. The number of carbonyl (C=O) groups excluding carboxylic acids is 1. The van der Waals surface area contributed by atoms with Crippen molar-refractivity contribution in [1.29, 1.82) is 0 Å². The van der Waals surface area contributed by atoms with Crippen molar-refractivity contribution in [2.24, 2.45) is 0 Å². The molecule has 148 valence electrons. The van der Waals surface area contributed by atoms with Gasteiger partial charge in [0.05, 0.1) is 11.8 Å². The van der Waals surface area contributed by atoms with E-state index in [4.69, 9.17) is 0 Å². The Balaban J connectivity index is 1.35. The van der Waals surface area contributed by atoms with Crippen LogP contribution >= 0.6 is 0 Å².